The first-order chi connectivity index (χ1) is 17.1. The molecule has 0 N–H and O–H groups in total. The second-order valence-electron chi connectivity index (χ2n) is 7.96. The van der Waals surface area contributed by atoms with Gasteiger partial charge in [0.25, 0.3) is 5.91 Å². The molecule has 1 atom stereocenters. The van der Waals surface area contributed by atoms with E-state index in [9.17, 15) is 14.4 Å². The van der Waals surface area contributed by atoms with Gasteiger partial charge in [0.1, 0.15) is 12.6 Å². The number of hydrogen-bond acceptors (Lipinski definition) is 7. The van der Waals surface area contributed by atoms with Crippen molar-refractivity contribution in [2.45, 2.75) is 32.4 Å². The van der Waals surface area contributed by atoms with E-state index in [0.717, 1.165) is 5.56 Å². The summed E-state index contributed by atoms with van der Waals surface area (Å²) in [5, 5.41) is 4.29. The maximum Gasteiger partial charge on any atom is 0.358 e. The molecule has 2 aromatic carbocycles. The van der Waals surface area contributed by atoms with Gasteiger partial charge in [0, 0.05) is 12.6 Å². The van der Waals surface area contributed by atoms with E-state index in [1.165, 1.54) is 15.6 Å². The summed E-state index contributed by atoms with van der Waals surface area (Å²) >= 11 is 0. The smallest absolute Gasteiger partial charge is 0.358 e. The average Bonchev–Trinajstić information content (AvgIpc) is 3.55. The normalized spacial score (nSPS) is 15.0. The molecule has 1 saturated heterocycles. The molecule has 0 spiro atoms. The highest BCUT2D eigenvalue weighted by molar-refractivity contribution is 5.88. The number of carbonyl (C=O) groups is 3. The summed E-state index contributed by atoms with van der Waals surface area (Å²) in [6.07, 6.45) is 1.24. The summed E-state index contributed by atoms with van der Waals surface area (Å²) in [4.78, 5) is 39.3. The monoisotopic (exact) mass is 477 g/mol. The van der Waals surface area contributed by atoms with Crippen LogP contribution < -0.4 is 4.74 Å². The third kappa shape index (κ3) is 5.87. The summed E-state index contributed by atoms with van der Waals surface area (Å²) in [5.41, 5.74) is 1.61. The Morgan fingerprint density at radius 1 is 1.00 bits per heavy atom. The number of para-hydroxylation sites is 1. The van der Waals surface area contributed by atoms with Crippen molar-refractivity contribution in [2.24, 2.45) is 0 Å². The molecule has 1 amide bonds. The van der Waals surface area contributed by atoms with Gasteiger partial charge in [-0.05, 0) is 37.5 Å². The fraction of sp³-hybridized carbons (Fsp3) is 0.308. The van der Waals surface area contributed by atoms with E-state index in [1.807, 2.05) is 48.5 Å². The Hall–Kier alpha value is -4.14. The summed E-state index contributed by atoms with van der Waals surface area (Å²) < 4.78 is 17.7. The largest absolute Gasteiger partial charge is 0.467 e. The summed E-state index contributed by atoms with van der Waals surface area (Å²) in [5.74, 6) is -1.14. The van der Waals surface area contributed by atoms with Crippen molar-refractivity contribution in [3.63, 3.8) is 0 Å². The Morgan fingerprint density at radius 2 is 1.71 bits per heavy atom. The van der Waals surface area contributed by atoms with Crippen molar-refractivity contribution in [1.82, 2.24) is 14.7 Å². The number of esters is 2. The lowest BCUT2D eigenvalue weighted by Gasteiger charge is -2.23. The van der Waals surface area contributed by atoms with Gasteiger partial charge in [0.15, 0.2) is 12.3 Å². The molecule has 1 fully saturated rings. The average molecular weight is 478 g/mol. The van der Waals surface area contributed by atoms with E-state index < -0.39 is 18.0 Å². The van der Waals surface area contributed by atoms with Crippen molar-refractivity contribution in [1.29, 1.82) is 0 Å². The van der Waals surface area contributed by atoms with Gasteiger partial charge in [-0.1, -0.05) is 48.5 Å². The molecular formula is C26H27N3O6. The Labute approximate surface area is 203 Å². The number of benzene rings is 2. The maximum absolute atomic E-state index is 13.0. The van der Waals surface area contributed by atoms with Crippen LogP contribution in [0.3, 0.4) is 0 Å². The van der Waals surface area contributed by atoms with Crippen LogP contribution in [-0.4, -0.2) is 58.3 Å². The van der Waals surface area contributed by atoms with Crippen molar-refractivity contribution in [3.05, 3.63) is 78.0 Å². The van der Waals surface area contributed by atoms with E-state index in [2.05, 4.69) is 5.10 Å². The van der Waals surface area contributed by atoms with Gasteiger partial charge in [0.2, 0.25) is 5.88 Å². The lowest BCUT2D eigenvalue weighted by Crippen LogP contribution is -2.43. The van der Waals surface area contributed by atoms with Crippen molar-refractivity contribution < 1.29 is 28.6 Å². The first kappa shape index (κ1) is 24.0. The molecule has 4 rings (SSSR count). The molecule has 0 bridgehead atoms. The number of hydrogen-bond donors (Lipinski definition) is 0. The highest BCUT2D eigenvalue weighted by atomic mass is 16.5. The van der Waals surface area contributed by atoms with E-state index in [4.69, 9.17) is 14.2 Å². The van der Waals surface area contributed by atoms with Crippen molar-refractivity contribution >= 4 is 17.8 Å². The maximum atomic E-state index is 13.0. The molecule has 35 heavy (non-hydrogen) atoms. The standard InChI is InChI=1S/C26H27N3O6/c1-2-33-25(31)21-16-24(29(27-21)20-12-7-4-8-13-20)34-18-23(30)28-15-9-14-22(28)26(32)35-17-19-10-5-3-6-11-19/h3-8,10-13,16,22H,2,9,14-15,17-18H2,1H3. The molecule has 1 aromatic heterocycles. The molecule has 3 aromatic rings. The van der Waals surface area contributed by atoms with E-state index in [-0.39, 0.29) is 37.3 Å². The van der Waals surface area contributed by atoms with Gasteiger partial charge < -0.3 is 19.1 Å². The van der Waals surface area contributed by atoms with Crippen LogP contribution in [0.4, 0.5) is 0 Å². The number of nitrogens with zero attached hydrogens (tertiary/aromatic N) is 3. The zero-order chi connectivity index (χ0) is 24.6. The van der Waals surface area contributed by atoms with E-state index in [1.54, 1.807) is 19.1 Å². The SMILES string of the molecule is CCOC(=O)c1cc(OCC(=O)N2CCCC2C(=O)OCc2ccccc2)n(-c2ccccc2)n1. The molecular weight excluding hydrogens is 450 g/mol. The van der Waals surface area contributed by atoms with E-state index in [0.29, 0.717) is 25.1 Å². The highest BCUT2D eigenvalue weighted by Gasteiger charge is 2.35. The fourth-order valence-electron chi connectivity index (χ4n) is 3.88. The van der Waals surface area contributed by atoms with Gasteiger partial charge in [-0.2, -0.15) is 5.10 Å². The molecule has 1 aliphatic heterocycles. The number of likely N-dealkylation sites (tertiary alicyclic amines) is 1. The zero-order valence-corrected chi connectivity index (χ0v) is 19.5. The first-order valence-corrected chi connectivity index (χ1v) is 11.5. The van der Waals surface area contributed by atoms with Crippen LogP contribution in [0.25, 0.3) is 5.69 Å². The molecule has 2 heterocycles. The first-order valence-electron chi connectivity index (χ1n) is 11.5. The van der Waals surface area contributed by atoms with E-state index >= 15 is 0 Å². The second-order valence-corrected chi connectivity index (χ2v) is 7.96. The number of carbonyl (C=O) groups excluding carboxylic acids is 3. The minimum Gasteiger partial charge on any atom is -0.467 e. The minimum absolute atomic E-state index is 0.0710. The third-order valence-electron chi connectivity index (χ3n) is 5.57. The van der Waals surface area contributed by atoms with Gasteiger partial charge in [-0.25, -0.2) is 14.3 Å². The molecule has 9 nitrogen and oxygen atoms in total. The lowest BCUT2D eigenvalue weighted by molar-refractivity contribution is -0.155. The molecule has 0 saturated carbocycles. The van der Waals surface area contributed by atoms with Gasteiger partial charge >= 0.3 is 11.9 Å². The van der Waals surface area contributed by atoms with Crippen LogP contribution in [0, 0.1) is 0 Å². The number of rotatable bonds is 9. The third-order valence-corrected chi connectivity index (χ3v) is 5.57. The Balaban J connectivity index is 1.42. The molecule has 182 valence electrons. The number of ether oxygens (including phenoxy) is 3. The Morgan fingerprint density at radius 3 is 2.43 bits per heavy atom. The van der Waals surface area contributed by atoms with Crippen LogP contribution in [-0.2, 0) is 25.7 Å². The van der Waals surface area contributed by atoms with Gasteiger partial charge in [-0.15, -0.1) is 0 Å². The van der Waals surface area contributed by atoms with Crippen molar-refractivity contribution in [2.75, 3.05) is 19.8 Å². The summed E-state index contributed by atoms with van der Waals surface area (Å²) in [7, 11) is 0. The highest BCUT2D eigenvalue weighted by Crippen LogP contribution is 2.22. The van der Waals surface area contributed by atoms with Crippen LogP contribution in [0.1, 0.15) is 35.8 Å². The molecule has 9 heteroatoms. The van der Waals surface area contributed by atoms with Gasteiger partial charge in [-0.3, -0.25) is 4.79 Å². The second kappa shape index (κ2) is 11.3. The number of amides is 1. The van der Waals surface area contributed by atoms with Crippen LogP contribution >= 0.6 is 0 Å². The summed E-state index contributed by atoms with van der Waals surface area (Å²) in [6.45, 7) is 2.20. The zero-order valence-electron chi connectivity index (χ0n) is 19.5. The fourth-order valence-corrected chi connectivity index (χ4v) is 3.88. The molecule has 1 unspecified atom stereocenters. The quantitative estimate of drug-likeness (QED) is 0.437. The number of aromatic nitrogens is 2. The van der Waals surface area contributed by atoms with Crippen molar-refractivity contribution in [3.8, 4) is 11.6 Å². The van der Waals surface area contributed by atoms with Gasteiger partial charge in [0.05, 0.1) is 12.3 Å². The molecule has 0 radical (unpaired) electrons. The predicted octanol–water partition coefficient (Wildman–Crippen LogP) is 3.16. The molecule has 0 aliphatic carbocycles. The van der Waals surface area contributed by atoms with Crippen LogP contribution in [0.15, 0.2) is 66.7 Å². The molecule has 1 aliphatic rings. The van der Waals surface area contributed by atoms with Crippen LogP contribution in [0.5, 0.6) is 5.88 Å². The summed E-state index contributed by atoms with van der Waals surface area (Å²) in [6, 6.07) is 19.3. The Kier molecular flexibility index (Phi) is 7.77. The topological polar surface area (TPSA) is 100.0 Å². The Bertz CT molecular complexity index is 1160. The lowest BCUT2D eigenvalue weighted by atomic mass is 10.2. The predicted molar refractivity (Wildman–Crippen MR) is 126 cm³/mol. The minimum atomic E-state index is -0.649. The van der Waals surface area contributed by atoms with Crippen LogP contribution in [0.2, 0.25) is 0 Å².